The Bertz CT molecular complexity index is 586. The number of nitrogens with zero attached hydrogens (tertiary/aromatic N) is 2. The number of anilines is 1. The molecule has 1 aromatic carbocycles. The van der Waals surface area contributed by atoms with Gasteiger partial charge in [0.15, 0.2) is 5.11 Å². The third kappa shape index (κ3) is 4.17. The van der Waals surface area contributed by atoms with Gasteiger partial charge in [0.05, 0.1) is 7.11 Å². The topological polar surface area (TPSA) is 59.1 Å². The molecule has 2 aromatic rings. The zero-order valence-corrected chi connectivity index (χ0v) is 12.2. The number of nitrogens with one attached hydrogen (secondary N) is 2. The van der Waals surface area contributed by atoms with Gasteiger partial charge in [0.25, 0.3) is 0 Å². The van der Waals surface area contributed by atoms with Crippen LogP contribution < -0.4 is 15.4 Å². The van der Waals surface area contributed by atoms with Crippen LogP contribution >= 0.6 is 12.2 Å². The van der Waals surface area contributed by atoms with Crippen molar-refractivity contribution in [3.8, 4) is 5.75 Å². The summed E-state index contributed by atoms with van der Waals surface area (Å²) in [5.74, 6) is 1.33. The molecule has 0 unspecified atom stereocenters. The van der Waals surface area contributed by atoms with E-state index in [1.807, 2.05) is 37.3 Å². The standard InChI is InChI=1S/C14H16N4OS/c1-10-7-8-15-13(17-10)18-14(20)16-9-11-3-5-12(19-2)6-4-11/h3-8H,9H2,1-2H3,(H2,15,16,17,18,20). The van der Waals surface area contributed by atoms with E-state index >= 15 is 0 Å². The first-order valence-corrected chi connectivity index (χ1v) is 6.55. The summed E-state index contributed by atoms with van der Waals surface area (Å²) >= 11 is 5.20. The maximum absolute atomic E-state index is 5.20. The number of benzene rings is 1. The zero-order chi connectivity index (χ0) is 14.4. The molecule has 1 aromatic heterocycles. The van der Waals surface area contributed by atoms with E-state index in [1.165, 1.54) is 0 Å². The Morgan fingerprint density at radius 3 is 2.65 bits per heavy atom. The maximum atomic E-state index is 5.20. The normalized spacial score (nSPS) is 9.90. The van der Waals surface area contributed by atoms with Crippen LogP contribution in [0.25, 0.3) is 0 Å². The summed E-state index contributed by atoms with van der Waals surface area (Å²) in [6.45, 7) is 2.53. The van der Waals surface area contributed by atoms with Crippen LogP contribution in [0.4, 0.5) is 5.95 Å². The molecule has 104 valence electrons. The molecule has 2 N–H and O–H groups in total. The van der Waals surface area contributed by atoms with Crippen LogP contribution in [0, 0.1) is 6.92 Å². The maximum Gasteiger partial charge on any atom is 0.229 e. The summed E-state index contributed by atoms with van der Waals surface area (Å²) in [7, 11) is 1.65. The van der Waals surface area contributed by atoms with Crippen LogP contribution in [0.15, 0.2) is 36.5 Å². The summed E-state index contributed by atoms with van der Waals surface area (Å²) in [5, 5.41) is 6.54. The molecule has 0 bridgehead atoms. The predicted octanol–water partition coefficient (Wildman–Crippen LogP) is 2.28. The van der Waals surface area contributed by atoms with Crippen LogP contribution in [0.5, 0.6) is 5.75 Å². The van der Waals surface area contributed by atoms with Crippen molar-refractivity contribution in [2.24, 2.45) is 0 Å². The molecular weight excluding hydrogens is 272 g/mol. The Balaban J connectivity index is 1.85. The fraction of sp³-hybridized carbons (Fsp3) is 0.214. The molecule has 0 amide bonds. The number of rotatable bonds is 4. The first-order valence-electron chi connectivity index (χ1n) is 6.15. The van der Waals surface area contributed by atoms with E-state index in [1.54, 1.807) is 13.3 Å². The average molecular weight is 288 g/mol. The second kappa shape index (κ2) is 6.81. The minimum Gasteiger partial charge on any atom is -0.497 e. The van der Waals surface area contributed by atoms with Gasteiger partial charge in [0.1, 0.15) is 5.75 Å². The van der Waals surface area contributed by atoms with Gasteiger partial charge in [-0.2, -0.15) is 0 Å². The molecule has 0 radical (unpaired) electrons. The predicted molar refractivity (Wildman–Crippen MR) is 82.8 cm³/mol. The first-order chi connectivity index (χ1) is 9.67. The van der Waals surface area contributed by atoms with Gasteiger partial charge >= 0.3 is 0 Å². The molecule has 0 fully saturated rings. The lowest BCUT2D eigenvalue weighted by molar-refractivity contribution is 0.414. The van der Waals surface area contributed by atoms with Gasteiger partial charge in [-0.25, -0.2) is 9.97 Å². The molecule has 5 nitrogen and oxygen atoms in total. The zero-order valence-electron chi connectivity index (χ0n) is 11.4. The van der Waals surface area contributed by atoms with E-state index in [-0.39, 0.29) is 0 Å². The van der Waals surface area contributed by atoms with Crippen molar-refractivity contribution in [1.29, 1.82) is 0 Å². The van der Waals surface area contributed by atoms with Crippen molar-refractivity contribution in [1.82, 2.24) is 15.3 Å². The van der Waals surface area contributed by atoms with E-state index in [2.05, 4.69) is 20.6 Å². The molecule has 0 aliphatic rings. The second-order valence-electron chi connectivity index (χ2n) is 4.18. The summed E-state index contributed by atoms with van der Waals surface area (Å²) < 4.78 is 5.11. The SMILES string of the molecule is COc1ccc(CNC(=S)Nc2nccc(C)n2)cc1. The van der Waals surface area contributed by atoms with Crippen LogP contribution in [0.1, 0.15) is 11.3 Å². The Kier molecular flexibility index (Phi) is 4.84. The largest absolute Gasteiger partial charge is 0.497 e. The fourth-order valence-electron chi connectivity index (χ4n) is 1.58. The van der Waals surface area contributed by atoms with Crippen molar-refractivity contribution in [2.75, 3.05) is 12.4 Å². The highest BCUT2D eigenvalue weighted by Crippen LogP contribution is 2.10. The minimum absolute atomic E-state index is 0.492. The Hall–Kier alpha value is -2.21. The number of methoxy groups -OCH3 is 1. The molecule has 0 atom stereocenters. The Morgan fingerprint density at radius 2 is 2.00 bits per heavy atom. The highest BCUT2D eigenvalue weighted by Gasteiger charge is 2.01. The van der Waals surface area contributed by atoms with E-state index in [0.29, 0.717) is 17.6 Å². The lowest BCUT2D eigenvalue weighted by atomic mass is 10.2. The molecule has 1 heterocycles. The second-order valence-corrected chi connectivity index (χ2v) is 4.59. The van der Waals surface area contributed by atoms with Crippen LogP contribution in [0.2, 0.25) is 0 Å². The molecule has 0 aliphatic carbocycles. The van der Waals surface area contributed by atoms with Gasteiger partial charge in [-0.3, -0.25) is 0 Å². The van der Waals surface area contributed by atoms with Gasteiger partial charge in [0, 0.05) is 18.4 Å². The van der Waals surface area contributed by atoms with Crippen molar-refractivity contribution in [3.05, 3.63) is 47.8 Å². The quantitative estimate of drug-likeness (QED) is 0.842. The molecular formula is C14H16N4OS. The molecule has 20 heavy (non-hydrogen) atoms. The Labute approximate surface area is 123 Å². The van der Waals surface area contributed by atoms with Crippen LogP contribution in [0.3, 0.4) is 0 Å². The van der Waals surface area contributed by atoms with Crippen molar-refractivity contribution in [2.45, 2.75) is 13.5 Å². The lowest BCUT2D eigenvalue weighted by Gasteiger charge is -2.10. The van der Waals surface area contributed by atoms with Gasteiger partial charge in [0.2, 0.25) is 5.95 Å². The van der Waals surface area contributed by atoms with E-state index in [9.17, 15) is 0 Å². The van der Waals surface area contributed by atoms with Crippen LogP contribution in [-0.2, 0) is 6.54 Å². The third-order valence-electron chi connectivity index (χ3n) is 2.63. The molecule has 2 rings (SSSR count). The molecule has 0 spiro atoms. The van der Waals surface area contributed by atoms with E-state index < -0.39 is 0 Å². The number of aromatic nitrogens is 2. The highest BCUT2D eigenvalue weighted by atomic mass is 32.1. The van der Waals surface area contributed by atoms with Crippen molar-refractivity contribution >= 4 is 23.3 Å². The summed E-state index contributed by atoms with van der Waals surface area (Å²) in [5.41, 5.74) is 2.00. The Morgan fingerprint density at radius 1 is 1.25 bits per heavy atom. The number of thiocarbonyl (C=S) groups is 1. The molecule has 6 heteroatoms. The van der Waals surface area contributed by atoms with Gasteiger partial charge < -0.3 is 15.4 Å². The first kappa shape index (κ1) is 14.2. The highest BCUT2D eigenvalue weighted by molar-refractivity contribution is 7.80. The molecule has 0 saturated carbocycles. The van der Waals surface area contributed by atoms with Gasteiger partial charge in [-0.15, -0.1) is 0 Å². The lowest BCUT2D eigenvalue weighted by Crippen LogP contribution is -2.28. The summed E-state index contributed by atoms with van der Waals surface area (Å²) in [6, 6.07) is 9.63. The minimum atomic E-state index is 0.492. The smallest absolute Gasteiger partial charge is 0.229 e. The van der Waals surface area contributed by atoms with Crippen molar-refractivity contribution in [3.63, 3.8) is 0 Å². The average Bonchev–Trinajstić information content (AvgIpc) is 2.46. The van der Waals surface area contributed by atoms with Crippen LogP contribution in [-0.4, -0.2) is 22.2 Å². The summed E-state index contributed by atoms with van der Waals surface area (Å²) in [4.78, 5) is 8.32. The monoisotopic (exact) mass is 288 g/mol. The number of hydrogen-bond acceptors (Lipinski definition) is 4. The molecule has 0 aliphatic heterocycles. The molecule has 0 saturated heterocycles. The van der Waals surface area contributed by atoms with Gasteiger partial charge in [-0.1, -0.05) is 12.1 Å². The number of aryl methyl sites for hydroxylation is 1. The summed E-state index contributed by atoms with van der Waals surface area (Å²) in [6.07, 6.45) is 1.69. The van der Waals surface area contributed by atoms with E-state index in [0.717, 1.165) is 17.0 Å². The number of ether oxygens (including phenoxy) is 1. The third-order valence-corrected chi connectivity index (χ3v) is 2.88. The van der Waals surface area contributed by atoms with Crippen molar-refractivity contribution < 1.29 is 4.74 Å². The van der Waals surface area contributed by atoms with E-state index in [4.69, 9.17) is 17.0 Å². The number of hydrogen-bond donors (Lipinski definition) is 2. The van der Waals surface area contributed by atoms with Gasteiger partial charge in [-0.05, 0) is 42.9 Å². The fourth-order valence-corrected chi connectivity index (χ4v) is 1.74.